The lowest BCUT2D eigenvalue weighted by molar-refractivity contribution is 1.53. The number of allylic oxidation sites excluding steroid dienone is 2. The van der Waals surface area contributed by atoms with Crippen molar-refractivity contribution in [3.63, 3.8) is 0 Å². The first-order chi connectivity index (χ1) is 10.3. The zero-order valence-corrected chi connectivity index (χ0v) is 14.9. The molecule has 0 unspecified atom stereocenters. The van der Waals surface area contributed by atoms with Gasteiger partial charge in [0.2, 0.25) is 0 Å². The Morgan fingerprint density at radius 1 is 0.905 bits per heavy atom. The van der Waals surface area contributed by atoms with Crippen molar-refractivity contribution < 1.29 is 0 Å². The minimum atomic E-state index is 1.09. The molecule has 2 rings (SSSR count). The molecule has 0 spiro atoms. The highest BCUT2D eigenvalue weighted by molar-refractivity contribution is 8.08. The van der Waals surface area contributed by atoms with Crippen LogP contribution in [0.5, 0.6) is 0 Å². The maximum atomic E-state index is 2.27. The van der Waals surface area contributed by atoms with Crippen molar-refractivity contribution in [1.82, 2.24) is 0 Å². The van der Waals surface area contributed by atoms with E-state index in [1.54, 1.807) is 11.3 Å². The van der Waals surface area contributed by atoms with Crippen LogP contribution in [0.2, 0.25) is 0 Å². The van der Waals surface area contributed by atoms with Crippen LogP contribution < -0.4 is 0 Å². The smallest absolute Gasteiger partial charge is 0.0406 e. The molecule has 0 saturated carbocycles. The summed E-state index contributed by atoms with van der Waals surface area (Å²) >= 11 is 5.61. The van der Waals surface area contributed by atoms with Gasteiger partial charge in [0, 0.05) is 14.7 Å². The van der Waals surface area contributed by atoms with Gasteiger partial charge in [-0.1, -0.05) is 50.2 Å². The summed E-state index contributed by atoms with van der Waals surface area (Å²) < 4.78 is 0. The summed E-state index contributed by atoms with van der Waals surface area (Å²) in [4.78, 5) is 4.05. The van der Waals surface area contributed by atoms with Crippen molar-refractivity contribution in [3.8, 4) is 0 Å². The lowest BCUT2D eigenvalue weighted by Gasteiger charge is -2.06. The number of thiophene rings is 1. The number of hydrogen-bond acceptors (Lipinski definition) is 3. The number of hydrogen-bond donors (Lipinski definition) is 0. The monoisotopic (exact) mass is 332 g/mol. The Balaban J connectivity index is 2.30. The van der Waals surface area contributed by atoms with Crippen LogP contribution >= 0.6 is 34.9 Å². The Morgan fingerprint density at radius 3 is 2.19 bits per heavy atom. The molecule has 0 saturated heterocycles. The molecule has 21 heavy (non-hydrogen) atoms. The fourth-order valence-corrected chi connectivity index (χ4v) is 4.34. The Hall–Kier alpha value is -0.900. The van der Waals surface area contributed by atoms with Gasteiger partial charge in [-0.3, -0.25) is 0 Å². The van der Waals surface area contributed by atoms with Crippen LogP contribution in [0.4, 0.5) is 0 Å². The minimum absolute atomic E-state index is 1.09. The predicted octanol–water partition coefficient (Wildman–Crippen LogP) is 6.64. The van der Waals surface area contributed by atoms with Gasteiger partial charge >= 0.3 is 0 Å². The summed E-state index contributed by atoms with van der Waals surface area (Å²) in [6.07, 6.45) is 4.53. The van der Waals surface area contributed by atoms with Gasteiger partial charge in [0.15, 0.2) is 0 Å². The minimum Gasteiger partial charge on any atom is -0.143 e. The van der Waals surface area contributed by atoms with Crippen molar-refractivity contribution in [2.24, 2.45) is 0 Å². The zero-order valence-electron chi connectivity index (χ0n) is 12.4. The van der Waals surface area contributed by atoms with Crippen LogP contribution in [0.3, 0.4) is 0 Å². The number of benzene rings is 1. The van der Waals surface area contributed by atoms with Crippen molar-refractivity contribution in [2.75, 3.05) is 11.5 Å². The summed E-state index contributed by atoms with van der Waals surface area (Å²) in [5.41, 5.74) is 1.30. The first kappa shape index (κ1) is 16.5. The Bertz CT molecular complexity index is 580. The first-order valence-electron chi connectivity index (χ1n) is 7.12. The molecule has 2 aromatic rings. The van der Waals surface area contributed by atoms with E-state index in [0.29, 0.717) is 0 Å². The van der Waals surface area contributed by atoms with E-state index in [2.05, 4.69) is 73.8 Å². The van der Waals surface area contributed by atoms with Crippen LogP contribution in [0.1, 0.15) is 24.3 Å². The van der Waals surface area contributed by atoms with Gasteiger partial charge in [-0.05, 0) is 40.7 Å². The standard InChI is InChI=1S/C18H20S3/c1-3-19-16(15-9-6-5-7-10-15)12-13-18(20-4-2)17-11-8-14-21-17/h5-14H,3-4H2,1-2H3/b16-12-,18-13-. The molecule has 0 aliphatic carbocycles. The largest absolute Gasteiger partial charge is 0.143 e. The average Bonchev–Trinajstić information content (AvgIpc) is 3.05. The molecule has 3 heteroatoms. The lowest BCUT2D eigenvalue weighted by Crippen LogP contribution is -1.81. The van der Waals surface area contributed by atoms with Crippen molar-refractivity contribution in [3.05, 3.63) is 70.4 Å². The van der Waals surface area contributed by atoms with E-state index in [9.17, 15) is 0 Å². The van der Waals surface area contributed by atoms with Gasteiger partial charge in [0.05, 0.1) is 0 Å². The molecular weight excluding hydrogens is 312 g/mol. The Morgan fingerprint density at radius 2 is 1.57 bits per heavy atom. The van der Waals surface area contributed by atoms with Crippen LogP contribution in [-0.4, -0.2) is 11.5 Å². The summed E-state index contributed by atoms with van der Waals surface area (Å²) in [6, 6.07) is 14.9. The van der Waals surface area contributed by atoms with Gasteiger partial charge in [0.1, 0.15) is 0 Å². The van der Waals surface area contributed by atoms with E-state index < -0.39 is 0 Å². The third kappa shape index (κ3) is 5.10. The van der Waals surface area contributed by atoms with Gasteiger partial charge in [-0.2, -0.15) is 0 Å². The van der Waals surface area contributed by atoms with E-state index in [0.717, 1.165) is 11.5 Å². The molecule has 1 aromatic heterocycles. The molecule has 110 valence electrons. The van der Waals surface area contributed by atoms with E-state index in [4.69, 9.17) is 0 Å². The van der Waals surface area contributed by atoms with Crippen molar-refractivity contribution >= 4 is 44.7 Å². The topological polar surface area (TPSA) is 0 Å². The van der Waals surface area contributed by atoms with E-state index in [1.165, 1.54) is 20.3 Å². The second-order valence-electron chi connectivity index (χ2n) is 4.27. The quantitative estimate of drug-likeness (QED) is 0.521. The molecule has 0 atom stereocenters. The zero-order chi connectivity index (χ0) is 14.9. The molecule has 0 amide bonds. The third-order valence-corrected chi connectivity index (χ3v) is 5.77. The average molecular weight is 333 g/mol. The Kier molecular flexibility index (Phi) is 7.20. The molecule has 1 heterocycles. The fourth-order valence-electron chi connectivity index (χ4n) is 1.91. The van der Waals surface area contributed by atoms with Crippen molar-refractivity contribution in [2.45, 2.75) is 13.8 Å². The molecule has 0 aliphatic heterocycles. The summed E-state index contributed by atoms with van der Waals surface area (Å²) in [7, 11) is 0. The van der Waals surface area contributed by atoms with Gasteiger partial charge < -0.3 is 0 Å². The molecule has 0 fully saturated rings. The van der Waals surface area contributed by atoms with E-state index in [-0.39, 0.29) is 0 Å². The summed E-state index contributed by atoms with van der Waals surface area (Å²) in [5.74, 6) is 2.18. The first-order valence-corrected chi connectivity index (χ1v) is 9.97. The maximum absolute atomic E-state index is 2.27. The molecule has 0 nitrogen and oxygen atoms in total. The molecule has 0 aliphatic rings. The maximum Gasteiger partial charge on any atom is 0.0406 e. The SMILES string of the molecule is CCS/C(=C\C=C(/SCC)c1cccs1)c1ccccc1. The molecule has 0 N–H and O–H groups in total. The highest BCUT2D eigenvalue weighted by Crippen LogP contribution is 2.33. The molecular formula is C18H20S3. The highest BCUT2D eigenvalue weighted by Gasteiger charge is 2.03. The van der Waals surface area contributed by atoms with Crippen LogP contribution in [0, 0.1) is 0 Å². The van der Waals surface area contributed by atoms with Gasteiger partial charge in [-0.25, -0.2) is 0 Å². The number of rotatable bonds is 7. The van der Waals surface area contributed by atoms with Crippen LogP contribution in [0.15, 0.2) is 60.0 Å². The van der Waals surface area contributed by atoms with E-state index >= 15 is 0 Å². The summed E-state index contributed by atoms with van der Waals surface area (Å²) in [6.45, 7) is 4.40. The van der Waals surface area contributed by atoms with Crippen molar-refractivity contribution in [1.29, 1.82) is 0 Å². The van der Waals surface area contributed by atoms with E-state index in [1.807, 2.05) is 23.5 Å². The third-order valence-electron chi connectivity index (χ3n) is 2.81. The van der Waals surface area contributed by atoms with Gasteiger partial charge in [0.25, 0.3) is 0 Å². The van der Waals surface area contributed by atoms with Crippen LogP contribution in [-0.2, 0) is 0 Å². The molecule has 1 aromatic carbocycles. The Labute approximate surface area is 140 Å². The highest BCUT2D eigenvalue weighted by atomic mass is 32.2. The molecule has 0 radical (unpaired) electrons. The fraction of sp³-hybridized carbons (Fsp3) is 0.222. The summed E-state index contributed by atoms with van der Waals surface area (Å²) in [5, 5.41) is 2.14. The number of thioether (sulfide) groups is 2. The lowest BCUT2D eigenvalue weighted by atomic mass is 10.2. The normalized spacial score (nSPS) is 12.7. The molecule has 0 bridgehead atoms. The second kappa shape index (κ2) is 9.19. The predicted molar refractivity (Wildman–Crippen MR) is 103 cm³/mol. The van der Waals surface area contributed by atoms with Gasteiger partial charge in [-0.15, -0.1) is 34.9 Å². The van der Waals surface area contributed by atoms with Crippen LogP contribution in [0.25, 0.3) is 9.81 Å². The second-order valence-corrected chi connectivity index (χ2v) is 7.83.